The fraction of sp³-hybridized carbons (Fsp3) is 0.458. The topological polar surface area (TPSA) is 27.0 Å². The molecule has 0 saturated carbocycles. The van der Waals surface area contributed by atoms with Crippen molar-refractivity contribution in [3.8, 4) is 6.07 Å². The predicted octanol–water partition coefficient (Wildman–Crippen LogP) is 6.20. The van der Waals surface area contributed by atoms with Crippen molar-refractivity contribution in [2.24, 2.45) is 17.8 Å². The van der Waals surface area contributed by atoms with E-state index in [1.165, 1.54) is 17.7 Å². The summed E-state index contributed by atoms with van der Waals surface area (Å²) in [4.78, 5) is 2.67. The average molecular weight is 347 g/mol. The largest absolute Gasteiger partial charge is 0.361 e. The number of hydrogen-bond donors (Lipinski definition) is 0. The predicted molar refractivity (Wildman–Crippen MR) is 109 cm³/mol. The zero-order chi connectivity index (χ0) is 18.7. The molecule has 0 spiro atoms. The lowest BCUT2D eigenvalue weighted by Gasteiger charge is -2.54. The Balaban J connectivity index is 2.11. The Kier molecular flexibility index (Phi) is 5.67. The Morgan fingerprint density at radius 1 is 0.885 bits per heavy atom. The standard InChI is InChI=1S/C24H30N2/c1-5-22-17(3)18(4)24(20-14-12-19(16-25)13-15-20)26(23(22)6-2)21-10-8-7-9-11-21/h7-15,17-18,22-24H,5-6H2,1-4H3/t17-,18+,22-,23-,24-/m1/s1. The SMILES string of the molecule is CC[C@@H]1[C@H](C)[C@H](C)[C@H](c2ccc(C#N)cc2)N(c2ccccc2)[C@@H]1CC. The molecular formula is C24H30N2. The van der Waals surface area contributed by atoms with E-state index in [4.69, 9.17) is 5.26 Å². The van der Waals surface area contributed by atoms with Gasteiger partial charge in [-0.05, 0) is 54.0 Å². The lowest BCUT2D eigenvalue weighted by atomic mass is 9.68. The third-order valence-electron chi connectivity index (χ3n) is 6.48. The molecular weight excluding hydrogens is 316 g/mol. The molecule has 0 aromatic heterocycles. The maximum absolute atomic E-state index is 9.15. The monoisotopic (exact) mass is 346 g/mol. The molecule has 0 bridgehead atoms. The van der Waals surface area contributed by atoms with Crippen LogP contribution >= 0.6 is 0 Å². The van der Waals surface area contributed by atoms with Crippen LogP contribution in [0.15, 0.2) is 54.6 Å². The van der Waals surface area contributed by atoms with E-state index < -0.39 is 0 Å². The molecule has 0 radical (unpaired) electrons. The Hall–Kier alpha value is -2.27. The molecule has 0 N–H and O–H groups in total. The van der Waals surface area contributed by atoms with Crippen molar-refractivity contribution in [2.45, 2.75) is 52.6 Å². The smallest absolute Gasteiger partial charge is 0.0991 e. The van der Waals surface area contributed by atoms with Crippen molar-refractivity contribution < 1.29 is 0 Å². The number of para-hydroxylation sites is 1. The van der Waals surface area contributed by atoms with Crippen LogP contribution in [-0.4, -0.2) is 6.04 Å². The van der Waals surface area contributed by atoms with Gasteiger partial charge in [-0.25, -0.2) is 0 Å². The van der Waals surface area contributed by atoms with Gasteiger partial charge >= 0.3 is 0 Å². The molecule has 2 aromatic carbocycles. The van der Waals surface area contributed by atoms with Crippen LogP contribution in [0.4, 0.5) is 5.69 Å². The molecule has 0 aliphatic carbocycles. The van der Waals surface area contributed by atoms with Gasteiger partial charge in [0, 0.05) is 11.7 Å². The first-order valence-corrected chi connectivity index (χ1v) is 9.95. The summed E-state index contributed by atoms with van der Waals surface area (Å²) in [6.07, 6.45) is 2.37. The third kappa shape index (κ3) is 3.23. The summed E-state index contributed by atoms with van der Waals surface area (Å²) in [5.74, 6) is 1.92. The number of anilines is 1. The number of piperidine rings is 1. The summed E-state index contributed by atoms with van der Waals surface area (Å²) in [5.41, 5.74) is 3.36. The Morgan fingerprint density at radius 2 is 1.54 bits per heavy atom. The second-order valence-corrected chi connectivity index (χ2v) is 7.69. The number of nitriles is 1. The van der Waals surface area contributed by atoms with E-state index in [-0.39, 0.29) is 0 Å². The lowest BCUT2D eigenvalue weighted by Crippen LogP contribution is -2.53. The van der Waals surface area contributed by atoms with E-state index in [0.29, 0.717) is 29.8 Å². The van der Waals surface area contributed by atoms with Gasteiger partial charge in [0.05, 0.1) is 17.7 Å². The normalized spacial score (nSPS) is 28.6. The van der Waals surface area contributed by atoms with E-state index in [1.54, 1.807) is 0 Å². The van der Waals surface area contributed by atoms with Crippen molar-refractivity contribution in [3.05, 3.63) is 65.7 Å². The highest BCUT2D eigenvalue weighted by Gasteiger charge is 2.44. The van der Waals surface area contributed by atoms with Gasteiger partial charge in [0.25, 0.3) is 0 Å². The molecule has 1 heterocycles. The van der Waals surface area contributed by atoms with Crippen LogP contribution in [-0.2, 0) is 0 Å². The summed E-state index contributed by atoms with van der Waals surface area (Å²) in [7, 11) is 0. The van der Waals surface area contributed by atoms with Crippen LogP contribution in [0.2, 0.25) is 0 Å². The number of nitrogens with zero attached hydrogens (tertiary/aromatic N) is 2. The fourth-order valence-corrected chi connectivity index (χ4v) is 5.01. The first-order chi connectivity index (χ1) is 12.6. The molecule has 0 unspecified atom stereocenters. The van der Waals surface area contributed by atoms with E-state index in [9.17, 15) is 0 Å². The van der Waals surface area contributed by atoms with Crippen molar-refractivity contribution >= 4 is 5.69 Å². The fourth-order valence-electron chi connectivity index (χ4n) is 5.01. The minimum atomic E-state index is 0.341. The number of rotatable bonds is 4. The molecule has 1 aliphatic heterocycles. The van der Waals surface area contributed by atoms with Gasteiger partial charge in [-0.3, -0.25) is 0 Å². The lowest BCUT2D eigenvalue weighted by molar-refractivity contribution is 0.125. The minimum absolute atomic E-state index is 0.341. The summed E-state index contributed by atoms with van der Waals surface area (Å²) in [6, 6.07) is 22.2. The maximum Gasteiger partial charge on any atom is 0.0991 e. The third-order valence-corrected chi connectivity index (χ3v) is 6.48. The second kappa shape index (κ2) is 7.96. The summed E-state index contributed by atoms with van der Waals surface area (Å²) >= 11 is 0. The van der Waals surface area contributed by atoms with E-state index in [1.807, 2.05) is 12.1 Å². The van der Waals surface area contributed by atoms with Gasteiger partial charge in [-0.15, -0.1) is 0 Å². The molecule has 5 atom stereocenters. The maximum atomic E-state index is 9.15. The first kappa shape index (κ1) is 18.5. The van der Waals surface area contributed by atoms with Crippen LogP contribution in [0, 0.1) is 29.1 Å². The van der Waals surface area contributed by atoms with E-state index in [0.717, 1.165) is 12.0 Å². The Bertz CT molecular complexity index is 744. The Morgan fingerprint density at radius 3 is 2.08 bits per heavy atom. The molecule has 1 saturated heterocycles. The van der Waals surface area contributed by atoms with Gasteiger partial charge < -0.3 is 4.90 Å². The highest BCUT2D eigenvalue weighted by molar-refractivity contribution is 5.52. The second-order valence-electron chi connectivity index (χ2n) is 7.69. The summed E-state index contributed by atoms with van der Waals surface area (Å²) in [5, 5.41) is 9.15. The van der Waals surface area contributed by atoms with Crippen LogP contribution < -0.4 is 4.90 Å². The van der Waals surface area contributed by atoms with Crippen LogP contribution in [0.1, 0.15) is 57.7 Å². The van der Waals surface area contributed by atoms with Crippen molar-refractivity contribution in [1.82, 2.24) is 0 Å². The van der Waals surface area contributed by atoms with Crippen LogP contribution in [0.3, 0.4) is 0 Å². The minimum Gasteiger partial charge on any atom is -0.361 e. The number of benzene rings is 2. The molecule has 0 amide bonds. The van der Waals surface area contributed by atoms with Crippen LogP contribution in [0.25, 0.3) is 0 Å². The van der Waals surface area contributed by atoms with Crippen LogP contribution in [0.5, 0.6) is 0 Å². The van der Waals surface area contributed by atoms with Crippen molar-refractivity contribution in [2.75, 3.05) is 4.90 Å². The quantitative estimate of drug-likeness (QED) is 0.659. The Labute approximate surface area is 158 Å². The van der Waals surface area contributed by atoms with Gasteiger partial charge in [-0.1, -0.05) is 64.4 Å². The van der Waals surface area contributed by atoms with Crippen molar-refractivity contribution in [3.63, 3.8) is 0 Å². The van der Waals surface area contributed by atoms with E-state index >= 15 is 0 Å². The molecule has 2 heteroatoms. The van der Waals surface area contributed by atoms with Gasteiger partial charge in [0.2, 0.25) is 0 Å². The molecule has 26 heavy (non-hydrogen) atoms. The van der Waals surface area contributed by atoms with Gasteiger partial charge in [-0.2, -0.15) is 5.26 Å². The zero-order valence-electron chi connectivity index (χ0n) is 16.4. The van der Waals surface area contributed by atoms with Crippen molar-refractivity contribution in [1.29, 1.82) is 5.26 Å². The molecule has 2 aromatic rings. The highest BCUT2D eigenvalue weighted by atomic mass is 15.2. The molecule has 2 nitrogen and oxygen atoms in total. The highest BCUT2D eigenvalue weighted by Crippen LogP contribution is 2.48. The molecule has 1 aliphatic rings. The first-order valence-electron chi connectivity index (χ1n) is 9.95. The average Bonchev–Trinajstić information content (AvgIpc) is 2.70. The summed E-state index contributed by atoms with van der Waals surface area (Å²) < 4.78 is 0. The summed E-state index contributed by atoms with van der Waals surface area (Å²) in [6.45, 7) is 9.49. The van der Waals surface area contributed by atoms with Gasteiger partial charge in [0.15, 0.2) is 0 Å². The van der Waals surface area contributed by atoms with E-state index in [2.05, 4.69) is 81.1 Å². The number of hydrogen-bond acceptors (Lipinski definition) is 2. The molecule has 1 fully saturated rings. The zero-order valence-corrected chi connectivity index (χ0v) is 16.4. The van der Waals surface area contributed by atoms with Gasteiger partial charge in [0.1, 0.15) is 0 Å². The molecule has 3 rings (SSSR count). The molecule has 136 valence electrons.